The number of hydrogen-bond donors (Lipinski definition) is 0. The maximum absolute atomic E-state index is 13.5. The summed E-state index contributed by atoms with van der Waals surface area (Å²) in [6.45, 7) is 4.77. The zero-order valence-corrected chi connectivity index (χ0v) is 18.3. The van der Waals surface area contributed by atoms with Gasteiger partial charge in [-0.15, -0.1) is 0 Å². The molecular weight excluding hydrogens is 398 g/mol. The van der Waals surface area contributed by atoms with Crippen LogP contribution in [0.25, 0.3) is 16.6 Å². The van der Waals surface area contributed by atoms with E-state index in [1.165, 1.54) is 0 Å². The third-order valence-electron chi connectivity index (χ3n) is 6.14. The van der Waals surface area contributed by atoms with E-state index in [1.54, 1.807) is 10.6 Å². The van der Waals surface area contributed by atoms with Crippen molar-refractivity contribution in [2.75, 3.05) is 11.4 Å². The van der Waals surface area contributed by atoms with E-state index in [0.29, 0.717) is 29.7 Å². The lowest BCUT2D eigenvalue weighted by molar-refractivity contribution is -0.119. The van der Waals surface area contributed by atoms with Gasteiger partial charge in [-0.1, -0.05) is 55.0 Å². The van der Waals surface area contributed by atoms with Crippen molar-refractivity contribution in [1.82, 2.24) is 9.55 Å². The molecule has 1 aromatic heterocycles. The molecule has 1 amide bonds. The highest BCUT2D eigenvalue weighted by atomic mass is 16.2. The molecule has 0 fully saturated rings. The molecule has 0 unspecified atom stereocenters. The first-order chi connectivity index (χ1) is 15.6. The Labute approximate surface area is 187 Å². The summed E-state index contributed by atoms with van der Waals surface area (Å²) in [5.41, 5.74) is 4.39. The van der Waals surface area contributed by atoms with Crippen LogP contribution in [0.15, 0.2) is 77.6 Å². The second-order valence-electron chi connectivity index (χ2n) is 8.33. The fourth-order valence-electron chi connectivity index (χ4n) is 4.58. The minimum absolute atomic E-state index is 0.0749. The molecule has 5 rings (SSSR count). The number of nitrogens with zero attached hydrogens (tertiary/aromatic N) is 3. The molecule has 1 aliphatic heterocycles. The molecule has 0 saturated heterocycles. The van der Waals surface area contributed by atoms with Crippen LogP contribution in [0, 0.1) is 6.92 Å². The molecule has 0 aliphatic carbocycles. The Hall–Kier alpha value is -3.73. The molecule has 5 heteroatoms. The van der Waals surface area contributed by atoms with Crippen molar-refractivity contribution < 1.29 is 4.79 Å². The smallest absolute Gasteiger partial charge is 0.265 e. The second kappa shape index (κ2) is 8.08. The van der Waals surface area contributed by atoms with Gasteiger partial charge in [0.05, 0.1) is 22.5 Å². The fourth-order valence-corrected chi connectivity index (χ4v) is 4.58. The van der Waals surface area contributed by atoms with Crippen molar-refractivity contribution in [2.24, 2.45) is 0 Å². The Morgan fingerprint density at radius 2 is 1.62 bits per heavy atom. The number of rotatable bonds is 5. The third kappa shape index (κ3) is 3.30. The van der Waals surface area contributed by atoms with Gasteiger partial charge < -0.3 is 4.90 Å². The van der Waals surface area contributed by atoms with Crippen molar-refractivity contribution in [3.8, 4) is 5.69 Å². The van der Waals surface area contributed by atoms with Gasteiger partial charge in [-0.3, -0.25) is 14.2 Å². The van der Waals surface area contributed by atoms with Gasteiger partial charge in [0.15, 0.2) is 0 Å². The summed E-state index contributed by atoms with van der Waals surface area (Å²) < 4.78 is 1.67. The van der Waals surface area contributed by atoms with E-state index >= 15 is 0 Å². The van der Waals surface area contributed by atoms with E-state index in [9.17, 15) is 9.59 Å². The largest absolute Gasteiger partial charge is 0.312 e. The maximum atomic E-state index is 13.5. The summed E-state index contributed by atoms with van der Waals surface area (Å²) in [5.74, 6) is 0.317. The summed E-state index contributed by atoms with van der Waals surface area (Å²) in [5, 5.41) is 0.572. The number of anilines is 1. The quantitative estimate of drug-likeness (QED) is 0.464. The van der Waals surface area contributed by atoms with Crippen LogP contribution in [0.3, 0.4) is 0 Å². The van der Waals surface area contributed by atoms with E-state index in [2.05, 4.69) is 6.92 Å². The molecule has 0 N–H and O–H groups in total. The van der Waals surface area contributed by atoms with Crippen molar-refractivity contribution in [3.63, 3.8) is 0 Å². The first kappa shape index (κ1) is 20.2. The second-order valence-corrected chi connectivity index (χ2v) is 8.33. The third-order valence-corrected chi connectivity index (χ3v) is 6.14. The molecule has 1 aliphatic rings. The highest BCUT2D eigenvalue weighted by molar-refractivity contribution is 6.05. The summed E-state index contributed by atoms with van der Waals surface area (Å²) in [4.78, 5) is 33.7. The summed E-state index contributed by atoms with van der Waals surface area (Å²) in [7, 11) is 0. The molecule has 0 radical (unpaired) electrons. The van der Waals surface area contributed by atoms with Crippen LogP contribution in [-0.4, -0.2) is 22.0 Å². The van der Waals surface area contributed by atoms with Gasteiger partial charge in [-0.05, 0) is 49.2 Å². The molecule has 2 heterocycles. The summed E-state index contributed by atoms with van der Waals surface area (Å²) in [6, 6.07) is 23.2. The predicted octanol–water partition coefficient (Wildman–Crippen LogP) is 4.78. The minimum Gasteiger partial charge on any atom is -0.312 e. The molecule has 0 saturated carbocycles. The molecule has 1 atom stereocenters. The first-order valence-corrected chi connectivity index (χ1v) is 11.1. The Kier molecular flexibility index (Phi) is 5.10. The van der Waals surface area contributed by atoms with Crippen molar-refractivity contribution >= 4 is 22.5 Å². The average Bonchev–Trinajstić information content (AvgIpc) is 3.07. The van der Waals surface area contributed by atoms with Crippen molar-refractivity contribution in [3.05, 3.63) is 100 Å². The lowest BCUT2D eigenvalue weighted by Gasteiger charge is -2.18. The van der Waals surface area contributed by atoms with Crippen LogP contribution in [-0.2, 0) is 11.2 Å². The van der Waals surface area contributed by atoms with Crippen molar-refractivity contribution in [1.29, 1.82) is 0 Å². The molecule has 3 aromatic carbocycles. The highest BCUT2D eigenvalue weighted by Crippen LogP contribution is 2.39. The molecular formula is C27H25N3O2. The van der Waals surface area contributed by atoms with Crippen LogP contribution in [0.5, 0.6) is 0 Å². The normalized spacial score (nSPS) is 15.4. The van der Waals surface area contributed by atoms with Crippen LogP contribution < -0.4 is 10.5 Å². The molecule has 0 bridgehead atoms. The van der Waals surface area contributed by atoms with Gasteiger partial charge in [0.1, 0.15) is 5.82 Å². The van der Waals surface area contributed by atoms with E-state index in [1.807, 2.05) is 78.6 Å². The maximum Gasteiger partial charge on any atom is 0.265 e. The zero-order valence-electron chi connectivity index (χ0n) is 18.3. The van der Waals surface area contributed by atoms with Crippen LogP contribution in [0.2, 0.25) is 0 Å². The Bertz CT molecular complexity index is 1370. The molecule has 5 nitrogen and oxygen atoms in total. The Morgan fingerprint density at radius 3 is 2.41 bits per heavy atom. The van der Waals surface area contributed by atoms with Gasteiger partial charge in [0.2, 0.25) is 5.91 Å². The summed E-state index contributed by atoms with van der Waals surface area (Å²) >= 11 is 0. The monoisotopic (exact) mass is 423 g/mol. The lowest BCUT2D eigenvalue weighted by atomic mass is 9.96. The average molecular weight is 424 g/mol. The van der Waals surface area contributed by atoms with Crippen LogP contribution in [0.4, 0.5) is 5.69 Å². The van der Waals surface area contributed by atoms with E-state index in [0.717, 1.165) is 28.9 Å². The van der Waals surface area contributed by atoms with Gasteiger partial charge in [0, 0.05) is 18.7 Å². The Balaban J connectivity index is 1.68. The Morgan fingerprint density at radius 1 is 0.906 bits per heavy atom. The number of carbonyl (C=O) groups excluding carboxylic acids is 1. The number of aryl methyl sites for hydroxylation is 1. The number of fused-ring (bicyclic) bond motifs is 2. The number of aromatic nitrogens is 2. The highest BCUT2D eigenvalue weighted by Gasteiger charge is 2.37. The number of amides is 1. The number of benzene rings is 3. The van der Waals surface area contributed by atoms with Gasteiger partial charge in [-0.2, -0.15) is 0 Å². The predicted molar refractivity (Wildman–Crippen MR) is 128 cm³/mol. The van der Waals surface area contributed by atoms with Crippen molar-refractivity contribution in [2.45, 2.75) is 32.6 Å². The van der Waals surface area contributed by atoms with Gasteiger partial charge in [-0.25, -0.2) is 4.98 Å². The standard InChI is InChI=1S/C27H25N3O2/c1-3-16-29-24-11-7-5-8-20(24)22(26(29)31)17-25-28-23-10-6-4-9-21(23)27(32)30(25)19-14-12-18(2)13-15-19/h4-15,22H,3,16-17H2,1-2H3/t22-/m0/s1. The zero-order chi connectivity index (χ0) is 22.2. The van der Waals surface area contributed by atoms with Crippen LogP contribution >= 0.6 is 0 Å². The molecule has 32 heavy (non-hydrogen) atoms. The van der Waals surface area contributed by atoms with Gasteiger partial charge in [0.25, 0.3) is 5.56 Å². The van der Waals surface area contributed by atoms with Gasteiger partial charge >= 0.3 is 0 Å². The number of para-hydroxylation sites is 2. The fraction of sp³-hybridized carbons (Fsp3) is 0.222. The lowest BCUT2D eigenvalue weighted by Crippen LogP contribution is -2.31. The van der Waals surface area contributed by atoms with Crippen LogP contribution in [0.1, 0.15) is 36.2 Å². The SMILES string of the molecule is CCCN1C(=O)[C@@H](Cc2nc3ccccc3c(=O)n2-c2ccc(C)cc2)c2ccccc21. The minimum atomic E-state index is -0.359. The molecule has 160 valence electrons. The number of hydrogen-bond acceptors (Lipinski definition) is 3. The number of carbonyl (C=O) groups is 1. The first-order valence-electron chi connectivity index (χ1n) is 11.1. The molecule has 0 spiro atoms. The molecule has 4 aromatic rings. The topological polar surface area (TPSA) is 55.2 Å². The van der Waals surface area contributed by atoms with E-state index in [4.69, 9.17) is 4.98 Å². The van der Waals surface area contributed by atoms with E-state index in [-0.39, 0.29) is 17.4 Å². The van der Waals surface area contributed by atoms with E-state index < -0.39 is 0 Å². The summed E-state index contributed by atoms with van der Waals surface area (Å²) in [6.07, 6.45) is 1.25.